The molecule has 5 N–H and O–H groups in total. The zero-order valence-corrected chi connectivity index (χ0v) is 15.7. The lowest BCUT2D eigenvalue weighted by atomic mass is 9.64. The summed E-state index contributed by atoms with van der Waals surface area (Å²) < 4.78 is 39.3. The number of aromatic amines is 1. The number of aromatic nitrogens is 3. The molecule has 2 aromatic heterocycles. The molecular weight excluding hydrogens is 389 g/mol. The van der Waals surface area contributed by atoms with Gasteiger partial charge in [0.15, 0.2) is 12.4 Å². The molecule has 3 rings (SSSR count). The second-order valence-corrected chi connectivity index (χ2v) is 7.27. The van der Waals surface area contributed by atoms with E-state index >= 15 is 0 Å². The first kappa shape index (κ1) is 22.3. The van der Waals surface area contributed by atoms with Crippen LogP contribution in [-0.4, -0.2) is 32.7 Å². The van der Waals surface area contributed by atoms with E-state index in [0.29, 0.717) is 6.42 Å². The average Bonchev–Trinajstić information content (AvgIpc) is 2.65. The zero-order valence-electron chi connectivity index (χ0n) is 15.7. The first-order chi connectivity index (χ1) is 13.1. The van der Waals surface area contributed by atoms with Crippen LogP contribution in [-0.2, 0) is 12.7 Å². The summed E-state index contributed by atoms with van der Waals surface area (Å²) >= 11 is 0. The molecule has 2 heterocycles. The van der Waals surface area contributed by atoms with Crippen molar-refractivity contribution < 1.29 is 28.7 Å². The summed E-state index contributed by atoms with van der Waals surface area (Å²) in [5.41, 5.74) is -0.907. The van der Waals surface area contributed by atoms with Gasteiger partial charge >= 0.3 is 6.18 Å². The van der Waals surface area contributed by atoms with Gasteiger partial charge in [-0.15, -0.1) is 0 Å². The SMILES string of the molecule is CC1(C)[C@H](O)C[C@@H]1Nc1nc(NCc2c[nH+]ccc2C(F)(F)F)ncc1C#N.[OH-]. The summed E-state index contributed by atoms with van der Waals surface area (Å²) in [6.45, 7) is 3.65. The summed E-state index contributed by atoms with van der Waals surface area (Å²) in [7, 11) is 0. The lowest BCUT2D eigenvalue weighted by Gasteiger charge is -2.49. The highest BCUT2D eigenvalue weighted by molar-refractivity contribution is 5.54. The van der Waals surface area contributed by atoms with Gasteiger partial charge in [-0.2, -0.15) is 23.4 Å². The van der Waals surface area contributed by atoms with Gasteiger partial charge in [-0.05, 0) is 6.42 Å². The van der Waals surface area contributed by atoms with E-state index < -0.39 is 17.8 Å². The molecule has 1 aliphatic rings. The van der Waals surface area contributed by atoms with Crippen molar-refractivity contribution in [1.82, 2.24) is 9.97 Å². The van der Waals surface area contributed by atoms with E-state index in [4.69, 9.17) is 0 Å². The maximum absolute atomic E-state index is 13.1. The minimum absolute atomic E-state index is 0. The minimum Gasteiger partial charge on any atom is -0.870 e. The molecule has 1 aliphatic carbocycles. The molecule has 11 heteroatoms. The second kappa shape index (κ2) is 8.18. The molecule has 0 spiro atoms. The summed E-state index contributed by atoms with van der Waals surface area (Å²) in [4.78, 5) is 10.9. The van der Waals surface area contributed by atoms with Crippen molar-refractivity contribution in [3.8, 4) is 6.07 Å². The number of aliphatic hydroxyl groups excluding tert-OH is 1. The highest BCUT2D eigenvalue weighted by Crippen LogP contribution is 2.42. The fraction of sp³-hybridized carbons (Fsp3) is 0.444. The Balaban J connectivity index is 0.00000300. The Morgan fingerprint density at radius 1 is 1.41 bits per heavy atom. The fourth-order valence-electron chi connectivity index (χ4n) is 3.03. The minimum atomic E-state index is -4.47. The topological polar surface area (TPSA) is 138 Å². The largest absolute Gasteiger partial charge is 0.870 e. The number of alkyl halides is 3. The third kappa shape index (κ3) is 4.55. The van der Waals surface area contributed by atoms with Crippen molar-refractivity contribution in [2.24, 2.45) is 5.41 Å². The van der Waals surface area contributed by atoms with Crippen LogP contribution in [0, 0.1) is 16.7 Å². The van der Waals surface area contributed by atoms with E-state index in [2.05, 4.69) is 25.6 Å². The van der Waals surface area contributed by atoms with Gasteiger partial charge in [-0.25, -0.2) is 9.97 Å². The molecule has 0 saturated heterocycles. The Labute approximate surface area is 165 Å². The number of anilines is 2. The Hall–Kier alpha value is -2.97. The van der Waals surface area contributed by atoms with Crippen LogP contribution in [0.4, 0.5) is 24.9 Å². The maximum atomic E-state index is 13.1. The predicted molar refractivity (Wildman–Crippen MR) is 95.8 cm³/mol. The van der Waals surface area contributed by atoms with E-state index in [1.165, 1.54) is 18.6 Å². The summed E-state index contributed by atoms with van der Waals surface area (Å²) in [6, 6.07) is 2.87. The van der Waals surface area contributed by atoms with Crippen LogP contribution in [0.5, 0.6) is 0 Å². The third-order valence-electron chi connectivity index (χ3n) is 5.13. The average molecular weight is 410 g/mol. The van der Waals surface area contributed by atoms with Crippen LogP contribution in [0.2, 0.25) is 0 Å². The molecule has 2 atom stereocenters. The van der Waals surface area contributed by atoms with Crippen LogP contribution >= 0.6 is 0 Å². The van der Waals surface area contributed by atoms with Crippen molar-refractivity contribution in [2.75, 3.05) is 10.6 Å². The molecule has 29 heavy (non-hydrogen) atoms. The van der Waals surface area contributed by atoms with E-state index in [1.807, 2.05) is 19.9 Å². The first-order valence-electron chi connectivity index (χ1n) is 8.64. The molecular formula is C18H21F3N6O2. The van der Waals surface area contributed by atoms with Crippen molar-refractivity contribution in [3.05, 3.63) is 41.3 Å². The maximum Gasteiger partial charge on any atom is 0.417 e. The van der Waals surface area contributed by atoms with Gasteiger partial charge in [-0.3, -0.25) is 0 Å². The number of hydrogen-bond donors (Lipinski definition) is 3. The first-order valence-corrected chi connectivity index (χ1v) is 8.64. The van der Waals surface area contributed by atoms with Crippen LogP contribution in [0.15, 0.2) is 24.7 Å². The van der Waals surface area contributed by atoms with Gasteiger partial charge in [0.25, 0.3) is 0 Å². The zero-order chi connectivity index (χ0) is 20.5. The summed E-state index contributed by atoms with van der Waals surface area (Å²) in [6.07, 6.45) is -0.634. The fourth-order valence-corrected chi connectivity index (χ4v) is 3.03. The monoisotopic (exact) mass is 410 g/mol. The van der Waals surface area contributed by atoms with Gasteiger partial charge in [-0.1, -0.05) is 13.8 Å². The van der Waals surface area contributed by atoms with Gasteiger partial charge < -0.3 is 21.2 Å². The number of H-pyrrole nitrogens is 1. The standard InChI is InChI=1S/C18H19F3N6O.H2O/c1-17(2)13(5-14(17)28)26-15-10(6-22)8-24-16(27-15)25-9-11-7-23-4-3-12(11)18(19,20)21;/h3-4,7-8,13-14,28H,5,9H2,1-2H3,(H2,24,25,26,27);1H2/t13-,14+;/m0./s1. The number of pyridine rings is 1. The Morgan fingerprint density at radius 2 is 2.14 bits per heavy atom. The molecule has 0 aliphatic heterocycles. The number of aliphatic hydroxyl groups is 1. The molecule has 0 unspecified atom stereocenters. The Kier molecular flexibility index (Phi) is 6.30. The molecule has 8 nitrogen and oxygen atoms in total. The molecule has 1 saturated carbocycles. The molecule has 0 aromatic carbocycles. The molecule has 2 aromatic rings. The number of nitriles is 1. The van der Waals surface area contributed by atoms with Crippen molar-refractivity contribution >= 4 is 11.8 Å². The van der Waals surface area contributed by atoms with E-state index in [0.717, 1.165) is 6.07 Å². The van der Waals surface area contributed by atoms with Gasteiger partial charge in [0.1, 0.15) is 17.5 Å². The smallest absolute Gasteiger partial charge is 0.417 e. The van der Waals surface area contributed by atoms with E-state index in [1.54, 1.807) is 0 Å². The second-order valence-electron chi connectivity index (χ2n) is 7.27. The number of hydrogen-bond acceptors (Lipinski definition) is 7. The van der Waals surface area contributed by atoms with Gasteiger partial charge in [0, 0.05) is 29.6 Å². The van der Waals surface area contributed by atoms with E-state index in [9.17, 15) is 23.5 Å². The normalized spacial score (nSPS) is 20.0. The highest BCUT2D eigenvalue weighted by atomic mass is 19.4. The van der Waals surface area contributed by atoms with Crippen molar-refractivity contribution in [2.45, 2.75) is 45.1 Å². The number of rotatable bonds is 5. The number of halogens is 3. The number of nitrogens with one attached hydrogen (secondary N) is 3. The molecule has 0 amide bonds. The molecule has 156 valence electrons. The lowest BCUT2D eigenvalue weighted by Crippen LogP contribution is -2.57. The molecule has 0 bridgehead atoms. The summed E-state index contributed by atoms with van der Waals surface area (Å²) in [5, 5.41) is 25.0. The van der Waals surface area contributed by atoms with Crippen LogP contribution in [0.3, 0.4) is 0 Å². The Morgan fingerprint density at radius 3 is 2.72 bits per heavy atom. The third-order valence-corrected chi connectivity index (χ3v) is 5.13. The van der Waals surface area contributed by atoms with E-state index in [-0.39, 0.29) is 46.4 Å². The van der Waals surface area contributed by atoms with Gasteiger partial charge in [0.05, 0.1) is 17.9 Å². The highest BCUT2D eigenvalue weighted by Gasteiger charge is 2.47. The van der Waals surface area contributed by atoms with Crippen LogP contribution < -0.4 is 15.6 Å². The number of nitrogens with zero attached hydrogens (tertiary/aromatic N) is 3. The van der Waals surface area contributed by atoms with Crippen molar-refractivity contribution in [1.29, 1.82) is 5.26 Å². The summed E-state index contributed by atoms with van der Waals surface area (Å²) in [5.74, 6) is 0.372. The predicted octanol–water partition coefficient (Wildman–Crippen LogP) is 2.19. The van der Waals surface area contributed by atoms with Crippen LogP contribution in [0.1, 0.15) is 37.0 Å². The lowest BCUT2D eigenvalue weighted by molar-refractivity contribution is -0.379. The van der Waals surface area contributed by atoms with Crippen molar-refractivity contribution in [3.63, 3.8) is 0 Å². The molecule has 1 fully saturated rings. The molecule has 0 radical (unpaired) electrons. The Bertz CT molecular complexity index is 913. The quantitative estimate of drug-likeness (QED) is 0.687. The van der Waals surface area contributed by atoms with Gasteiger partial charge in [0.2, 0.25) is 5.95 Å². The van der Waals surface area contributed by atoms with Crippen LogP contribution in [0.25, 0.3) is 0 Å².